The van der Waals surface area contributed by atoms with E-state index in [9.17, 15) is 9.59 Å². The van der Waals surface area contributed by atoms with Gasteiger partial charge in [-0.3, -0.25) is 0 Å². The number of likely N-dealkylation sites (tertiary alicyclic amines) is 1. The molecule has 1 fully saturated rings. The normalized spacial score (nSPS) is 14.6. The molecular formula is C12H17N5O4. The number of urea groups is 1. The molecule has 1 saturated heterocycles. The standard InChI is InChI=1S/C12H17N5O4/c1-2-3-15(4-5-18)12(21)16-6-9(7-16)17-8-10(11(19)20)13-14-17/h2,8-9,18H,1,3-7H2,(H,19,20). The fourth-order valence-corrected chi connectivity index (χ4v) is 2.07. The molecule has 2 rings (SSSR count). The molecule has 21 heavy (non-hydrogen) atoms. The number of carboxylic acid groups (broad SMARTS) is 1. The molecule has 0 unspecified atom stereocenters. The van der Waals surface area contributed by atoms with Crippen LogP contribution in [0.1, 0.15) is 16.5 Å². The summed E-state index contributed by atoms with van der Waals surface area (Å²) in [7, 11) is 0. The number of carbonyl (C=O) groups excluding carboxylic acids is 1. The first-order valence-electron chi connectivity index (χ1n) is 6.47. The first-order valence-corrected chi connectivity index (χ1v) is 6.47. The van der Waals surface area contributed by atoms with Crippen LogP contribution in [0.25, 0.3) is 0 Å². The van der Waals surface area contributed by atoms with E-state index in [2.05, 4.69) is 16.9 Å². The minimum Gasteiger partial charge on any atom is -0.476 e. The summed E-state index contributed by atoms with van der Waals surface area (Å²) in [4.78, 5) is 26.0. The van der Waals surface area contributed by atoms with Crippen LogP contribution in [0.4, 0.5) is 4.79 Å². The third-order valence-corrected chi connectivity index (χ3v) is 3.23. The highest BCUT2D eigenvalue weighted by Gasteiger charge is 2.35. The topological polar surface area (TPSA) is 112 Å². The Hall–Kier alpha value is -2.42. The van der Waals surface area contributed by atoms with Crippen molar-refractivity contribution in [3.05, 3.63) is 24.5 Å². The molecule has 1 aromatic rings. The van der Waals surface area contributed by atoms with Crippen molar-refractivity contribution in [2.24, 2.45) is 0 Å². The molecule has 9 heteroatoms. The summed E-state index contributed by atoms with van der Waals surface area (Å²) in [6.45, 7) is 4.95. The van der Waals surface area contributed by atoms with Gasteiger partial charge < -0.3 is 20.0 Å². The Labute approximate surface area is 121 Å². The fourth-order valence-electron chi connectivity index (χ4n) is 2.07. The zero-order chi connectivity index (χ0) is 15.4. The predicted molar refractivity (Wildman–Crippen MR) is 71.8 cm³/mol. The summed E-state index contributed by atoms with van der Waals surface area (Å²) in [5, 5.41) is 25.0. The van der Waals surface area contributed by atoms with E-state index in [0.29, 0.717) is 19.6 Å². The number of nitrogens with zero attached hydrogens (tertiary/aromatic N) is 5. The summed E-state index contributed by atoms with van der Waals surface area (Å²) in [5.41, 5.74) is -0.117. The van der Waals surface area contributed by atoms with E-state index in [1.807, 2.05) is 0 Å². The molecule has 1 aromatic heterocycles. The van der Waals surface area contributed by atoms with Crippen LogP contribution in [0.3, 0.4) is 0 Å². The number of aliphatic hydroxyl groups is 1. The Kier molecular flexibility index (Phi) is 4.53. The highest BCUT2D eigenvalue weighted by atomic mass is 16.4. The van der Waals surface area contributed by atoms with Crippen molar-refractivity contribution in [1.82, 2.24) is 24.8 Å². The van der Waals surface area contributed by atoms with E-state index >= 15 is 0 Å². The van der Waals surface area contributed by atoms with E-state index in [-0.39, 0.29) is 30.9 Å². The summed E-state index contributed by atoms with van der Waals surface area (Å²) in [5.74, 6) is -1.13. The van der Waals surface area contributed by atoms with E-state index in [0.717, 1.165) is 0 Å². The minimum absolute atomic E-state index is 0.0748. The van der Waals surface area contributed by atoms with E-state index < -0.39 is 5.97 Å². The average molecular weight is 295 g/mol. The second-order valence-electron chi connectivity index (χ2n) is 4.69. The number of carboxylic acids is 1. The second-order valence-corrected chi connectivity index (χ2v) is 4.69. The number of carbonyl (C=O) groups is 2. The van der Waals surface area contributed by atoms with Crippen LogP contribution in [-0.4, -0.2) is 79.8 Å². The summed E-state index contributed by atoms with van der Waals surface area (Å²) in [6, 6.07) is -0.256. The van der Waals surface area contributed by atoms with Crippen molar-refractivity contribution in [1.29, 1.82) is 0 Å². The summed E-state index contributed by atoms with van der Waals surface area (Å²) >= 11 is 0. The van der Waals surface area contributed by atoms with Crippen LogP contribution in [0, 0.1) is 0 Å². The molecule has 0 aliphatic carbocycles. The summed E-state index contributed by atoms with van der Waals surface area (Å²) in [6.07, 6.45) is 2.95. The first-order chi connectivity index (χ1) is 10.1. The molecule has 1 aliphatic heterocycles. The number of aliphatic hydroxyl groups excluding tert-OH is 1. The maximum absolute atomic E-state index is 12.1. The lowest BCUT2D eigenvalue weighted by Gasteiger charge is -2.41. The van der Waals surface area contributed by atoms with Gasteiger partial charge in [-0.05, 0) is 0 Å². The molecule has 1 aliphatic rings. The van der Waals surface area contributed by atoms with Gasteiger partial charge in [0.2, 0.25) is 0 Å². The molecule has 0 saturated carbocycles. The first kappa shape index (κ1) is 15.0. The molecule has 0 atom stereocenters. The van der Waals surface area contributed by atoms with Crippen molar-refractivity contribution >= 4 is 12.0 Å². The van der Waals surface area contributed by atoms with Crippen molar-refractivity contribution in [3.8, 4) is 0 Å². The van der Waals surface area contributed by atoms with Gasteiger partial charge in [-0.15, -0.1) is 11.7 Å². The third kappa shape index (κ3) is 3.19. The van der Waals surface area contributed by atoms with Gasteiger partial charge in [0, 0.05) is 26.2 Å². The van der Waals surface area contributed by atoms with E-state index in [1.54, 1.807) is 11.0 Å². The van der Waals surface area contributed by atoms with Crippen molar-refractivity contribution in [2.75, 3.05) is 32.8 Å². The Morgan fingerprint density at radius 2 is 2.24 bits per heavy atom. The van der Waals surface area contributed by atoms with Gasteiger partial charge in [-0.2, -0.15) is 0 Å². The molecule has 0 radical (unpaired) electrons. The number of rotatable bonds is 6. The number of hydrogen-bond acceptors (Lipinski definition) is 5. The predicted octanol–water partition coefficient (Wildman–Crippen LogP) is -0.567. The van der Waals surface area contributed by atoms with Crippen molar-refractivity contribution in [3.63, 3.8) is 0 Å². The summed E-state index contributed by atoms with van der Waals surface area (Å²) < 4.78 is 1.46. The Bertz CT molecular complexity index is 538. The van der Waals surface area contributed by atoms with Gasteiger partial charge >= 0.3 is 12.0 Å². The molecule has 2 N–H and O–H groups in total. The molecule has 0 spiro atoms. The average Bonchev–Trinajstić information content (AvgIpc) is 2.86. The van der Waals surface area contributed by atoms with Gasteiger partial charge in [0.1, 0.15) is 0 Å². The molecule has 2 amide bonds. The zero-order valence-electron chi connectivity index (χ0n) is 11.4. The van der Waals surface area contributed by atoms with Crippen LogP contribution >= 0.6 is 0 Å². The van der Waals surface area contributed by atoms with Gasteiger partial charge in [-0.25, -0.2) is 14.3 Å². The lowest BCUT2D eigenvalue weighted by atomic mass is 10.1. The number of amides is 2. The monoisotopic (exact) mass is 295 g/mol. The third-order valence-electron chi connectivity index (χ3n) is 3.23. The molecule has 2 heterocycles. The molecule has 114 valence electrons. The quantitative estimate of drug-likeness (QED) is 0.680. The number of hydrogen-bond donors (Lipinski definition) is 2. The largest absolute Gasteiger partial charge is 0.476 e. The molecular weight excluding hydrogens is 278 g/mol. The molecule has 0 bridgehead atoms. The molecule has 0 aromatic carbocycles. The zero-order valence-corrected chi connectivity index (χ0v) is 11.4. The van der Waals surface area contributed by atoms with Crippen LogP contribution in [0.2, 0.25) is 0 Å². The Balaban J connectivity index is 1.91. The lowest BCUT2D eigenvalue weighted by molar-refractivity contribution is 0.0689. The lowest BCUT2D eigenvalue weighted by Crippen LogP contribution is -2.55. The van der Waals surface area contributed by atoms with E-state index in [4.69, 9.17) is 10.2 Å². The second kappa shape index (κ2) is 6.35. The highest BCUT2D eigenvalue weighted by Crippen LogP contribution is 2.21. The van der Waals surface area contributed by atoms with E-state index in [1.165, 1.54) is 15.8 Å². The van der Waals surface area contributed by atoms with Crippen molar-refractivity contribution < 1.29 is 19.8 Å². The smallest absolute Gasteiger partial charge is 0.358 e. The van der Waals surface area contributed by atoms with Crippen LogP contribution in [0.5, 0.6) is 0 Å². The van der Waals surface area contributed by atoms with Gasteiger partial charge in [0.05, 0.1) is 18.8 Å². The highest BCUT2D eigenvalue weighted by molar-refractivity contribution is 5.84. The van der Waals surface area contributed by atoms with Gasteiger partial charge in [0.25, 0.3) is 0 Å². The Morgan fingerprint density at radius 1 is 1.52 bits per heavy atom. The van der Waals surface area contributed by atoms with Crippen LogP contribution in [0.15, 0.2) is 18.9 Å². The maximum atomic E-state index is 12.1. The van der Waals surface area contributed by atoms with Crippen LogP contribution in [-0.2, 0) is 0 Å². The van der Waals surface area contributed by atoms with Crippen molar-refractivity contribution in [2.45, 2.75) is 6.04 Å². The number of aromatic carboxylic acids is 1. The Morgan fingerprint density at radius 3 is 2.76 bits per heavy atom. The van der Waals surface area contributed by atoms with Crippen LogP contribution < -0.4 is 0 Å². The van der Waals surface area contributed by atoms with Gasteiger partial charge in [-0.1, -0.05) is 11.3 Å². The SMILES string of the molecule is C=CCN(CCO)C(=O)N1CC(n2cc(C(=O)O)nn2)C1. The van der Waals surface area contributed by atoms with Gasteiger partial charge in [0.15, 0.2) is 5.69 Å². The fraction of sp³-hybridized carbons (Fsp3) is 0.500. The minimum atomic E-state index is -1.13. The maximum Gasteiger partial charge on any atom is 0.358 e. The molecule has 9 nitrogen and oxygen atoms in total. The number of aromatic nitrogens is 3.